The van der Waals surface area contributed by atoms with Gasteiger partial charge in [-0.2, -0.15) is 0 Å². The highest BCUT2D eigenvalue weighted by molar-refractivity contribution is 5.72. The summed E-state index contributed by atoms with van der Waals surface area (Å²) in [7, 11) is 0. The topological polar surface area (TPSA) is 68.2 Å². The molecule has 116 valence electrons. The number of aliphatic imine (C=N–C) groups is 1. The van der Waals surface area contributed by atoms with Crippen LogP contribution in [0.3, 0.4) is 0 Å². The number of hydrogen-bond acceptors (Lipinski definition) is 4. The number of rotatable bonds is 2. The van der Waals surface area contributed by atoms with Gasteiger partial charge in [-0.3, -0.25) is 9.89 Å². The van der Waals surface area contributed by atoms with Crippen LogP contribution in [-0.4, -0.2) is 59.2 Å². The molecule has 0 spiro atoms. The van der Waals surface area contributed by atoms with Crippen LogP contribution in [0.15, 0.2) is 17.3 Å². The third kappa shape index (κ3) is 2.52. The van der Waals surface area contributed by atoms with Crippen molar-refractivity contribution in [3.8, 4) is 0 Å². The summed E-state index contributed by atoms with van der Waals surface area (Å²) in [5, 5.41) is 13.2. The van der Waals surface area contributed by atoms with E-state index in [4.69, 9.17) is 0 Å². The van der Waals surface area contributed by atoms with Crippen LogP contribution in [0.4, 0.5) is 4.79 Å². The van der Waals surface area contributed by atoms with Gasteiger partial charge in [0, 0.05) is 38.0 Å². The third-order valence-corrected chi connectivity index (χ3v) is 5.04. The quantitative estimate of drug-likeness (QED) is 0.813. The van der Waals surface area contributed by atoms with Crippen LogP contribution in [0, 0.1) is 5.92 Å². The van der Waals surface area contributed by atoms with E-state index in [1.165, 1.54) is 19.3 Å². The maximum absolute atomic E-state index is 11.9. The van der Waals surface area contributed by atoms with Crippen molar-refractivity contribution < 1.29 is 9.90 Å². The van der Waals surface area contributed by atoms with Gasteiger partial charge in [0.2, 0.25) is 0 Å². The Kier molecular flexibility index (Phi) is 4.14. The second kappa shape index (κ2) is 6.05. The molecule has 6 nitrogen and oxygen atoms in total. The summed E-state index contributed by atoms with van der Waals surface area (Å²) in [6, 6.07) is 0. The van der Waals surface area contributed by atoms with Crippen LogP contribution in [0.25, 0.3) is 0 Å². The Morgan fingerprint density at radius 1 is 1.33 bits per heavy atom. The van der Waals surface area contributed by atoms with Gasteiger partial charge in [0.15, 0.2) is 0 Å². The van der Waals surface area contributed by atoms with Gasteiger partial charge >= 0.3 is 6.09 Å². The minimum atomic E-state index is -0.815. The number of allylic oxidation sites excluding steroid dienone is 1. The molecule has 3 aliphatic rings. The Balaban J connectivity index is 1.97. The molecule has 1 saturated heterocycles. The lowest BCUT2D eigenvalue weighted by Crippen LogP contribution is -2.73. The molecule has 0 aromatic rings. The summed E-state index contributed by atoms with van der Waals surface area (Å²) in [6.45, 7) is 2.49. The normalized spacial score (nSPS) is 30.7. The molecular weight excluding hydrogens is 268 g/mol. The van der Waals surface area contributed by atoms with E-state index in [9.17, 15) is 9.90 Å². The average molecular weight is 292 g/mol. The molecule has 1 amide bonds. The third-order valence-electron chi connectivity index (χ3n) is 5.04. The number of carbonyl (C=O) groups is 1. The molecular formula is C15H24N4O2. The number of piperazine rings is 1. The van der Waals surface area contributed by atoms with Crippen molar-refractivity contribution in [2.24, 2.45) is 10.9 Å². The first-order valence-electron chi connectivity index (χ1n) is 7.90. The van der Waals surface area contributed by atoms with Gasteiger partial charge in [-0.15, -0.1) is 0 Å². The number of hydrogen-bond donors (Lipinski definition) is 2. The first-order valence-corrected chi connectivity index (χ1v) is 7.90. The Hall–Kier alpha value is -1.56. The number of amides is 1. The van der Waals surface area contributed by atoms with Gasteiger partial charge in [-0.05, 0) is 18.9 Å². The van der Waals surface area contributed by atoms with Crippen molar-refractivity contribution in [3.63, 3.8) is 0 Å². The molecule has 0 radical (unpaired) electrons. The van der Waals surface area contributed by atoms with E-state index in [0.717, 1.165) is 19.4 Å². The second-order valence-electron chi connectivity index (χ2n) is 6.11. The second-order valence-corrected chi connectivity index (χ2v) is 6.11. The molecule has 1 unspecified atom stereocenters. The van der Waals surface area contributed by atoms with Crippen LogP contribution >= 0.6 is 0 Å². The van der Waals surface area contributed by atoms with Crippen LogP contribution < -0.4 is 5.32 Å². The first kappa shape index (κ1) is 14.4. The minimum Gasteiger partial charge on any atom is -0.465 e. The minimum absolute atomic E-state index is 0.369. The van der Waals surface area contributed by atoms with E-state index < -0.39 is 11.8 Å². The smallest absolute Gasteiger partial charge is 0.409 e. The van der Waals surface area contributed by atoms with E-state index in [1.807, 2.05) is 12.3 Å². The average Bonchev–Trinajstić information content (AvgIpc) is 2.56. The van der Waals surface area contributed by atoms with Crippen molar-refractivity contribution in [2.75, 3.05) is 26.3 Å². The molecule has 2 fully saturated rings. The van der Waals surface area contributed by atoms with Crippen molar-refractivity contribution in [1.29, 1.82) is 0 Å². The fraction of sp³-hybridized carbons (Fsp3) is 0.733. The largest absolute Gasteiger partial charge is 0.465 e. The molecule has 1 saturated carbocycles. The molecule has 6 heteroatoms. The summed E-state index contributed by atoms with van der Waals surface area (Å²) >= 11 is 0. The highest BCUT2D eigenvalue weighted by Crippen LogP contribution is 2.40. The van der Waals surface area contributed by atoms with Crippen LogP contribution in [0.5, 0.6) is 0 Å². The van der Waals surface area contributed by atoms with E-state index in [1.54, 1.807) is 11.1 Å². The highest BCUT2D eigenvalue weighted by Gasteiger charge is 2.51. The van der Waals surface area contributed by atoms with Crippen LogP contribution in [-0.2, 0) is 0 Å². The SMILES string of the molecule is O=C(O)N1CCNCC1(C1CCCCC1)N1C=CC=NC1. The lowest BCUT2D eigenvalue weighted by molar-refractivity contribution is -0.0845. The molecule has 2 aliphatic heterocycles. The summed E-state index contributed by atoms with van der Waals surface area (Å²) in [5.74, 6) is 0.369. The lowest BCUT2D eigenvalue weighted by atomic mass is 9.77. The lowest BCUT2D eigenvalue weighted by Gasteiger charge is -2.56. The zero-order valence-electron chi connectivity index (χ0n) is 12.4. The van der Waals surface area contributed by atoms with E-state index in [0.29, 0.717) is 25.7 Å². The molecule has 0 aromatic carbocycles. The standard InChI is InChI=1S/C15H24N4O2/c20-14(21)19-10-8-16-11-15(19,13-5-2-1-3-6-13)18-9-4-7-17-12-18/h4,7,9,13,16H,1-3,5-6,8,10-12H2,(H,20,21). The molecule has 1 atom stereocenters. The summed E-state index contributed by atoms with van der Waals surface area (Å²) in [6.07, 6.45) is 10.7. The zero-order valence-corrected chi connectivity index (χ0v) is 12.4. The van der Waals surface area contributed by atoms with Gasteiger partial charge in [0.1, 0.15) is 12.3 Å². The highest BCUT2D eigenvalue weighted by atomic mass is 16.4. The monoisotopic (exact) mass is 292 g/mol. The molecule has 21 heavy (non-hydrogen) atoms. The van der Waals surface area contributed by atoms with Crippen LogP contribution in [0.1, 0.15) is 32.1 Å². The summed E-state index contributed by atoms with van der Waals surface area (Å²) < 4.78 is 0. The summed E-state index contributed by atoms with van der Waals surface area (Å²) in [5.41, 5.74) is -0.487. The molecule has 0 bridgehead atoms. The van der Waals surface area contributed by atoms with Crippen molar-refractivity contribution in [3.05, 3.63) is 12.3 Å². The molecule has 0 aromatic heterocycles. The van der Waals surface area contributed by atoms with Crippen molar-refractivity contribution in [2.45, 2.75) is 37.8 Å². The molecule has 2 heterocycles. The zero-order chi connectivity index (χ0) is 14.7. The Labute approximate surface area is 125 Å². The van der Waals surface area contributed by atoms with E-state index in [-0.39, 0.29) is 0 Å². The Morgan fingerprint density at radius 2 is 2.14 bits per heavy atom. The predicted octanol–water partition coefficient (Wildman–Crippen LogP) is 1.70. The first-order chi connectivity index (χ1) is 10.2. The van der Waals surface area contributed by atoms with E-state index in [2.05, 4.69) is 15.2 Å². The predicted molar refractivity (Wildman–Crippen MR) is 81.2 cm³/mol. The van der Waals surface area contributed by atoms with Crippen LogP contribution in [0.2, 0.25) is 0 Å². The Bertz CT molecular complexity index is 445. The number of carboxylic acid groups (broad SMARTS) is 1. The van der Waals surface area contributed by atoms with Gasteiger partial charge in [0.25, 0.3) is 0 Å². The molecule has 1 aliphatic carbocycles. The number of nitrogens with one attached hydrogen (secondary N) is 1. The maximum atomic E-state index is 11.9. The number of nitrogens with zero attached hydrogens (tertiary/aromatic N) is 3. The van der Waals surface area contributed by atoms with Crippen molar-refractivity contribution >= 4 is 12.3 Å². The molecule has 3 rings (SSSR count). The van der Waals surface area contributed by atoms with Gasteiger partial charge in [-0.25, -0.2) is 4.79 Å². The Morgan fingerprint density at radius 3 is 2.81 bits per heavy atom. The maximum Gasteiger partial charge on any atom is 0.409 e. The molecule has 2 N–H and O–H groups in total. The summed E-state index contributed by atoms with van der Waals surface area (Å²) in [4.78, 5) is 20.0. The van der Waals surface area contributed by atoms with Crippen molar-refractivity contribution in [1.82, 2.24) is 15.1 Å². The van der Waals surface area contributed by atoms with E-state index >= 15 is 0 Å². The fourth-order valence-electron chi connectivity index (χ4n) is 4.07. The van der Waals surface area contributed by atoms with Gasteiger partial charge in [-0.1, -0.05) is 19.3 Å². The van der Waals surface area contributed by atoms with Gasteiger partial charge < -0.3 is 15.3 Å². The van der Waals surface area contributed by atoms with Gasteiger partial charge in [0.05, 0.1) is 0 Å². The fourth-order valence-corrected chi connectivity index (χ4v) is 4.07.